The van der Waals surface area contributed by atoms with Crippen molar-refractivity contribution in [1.82, 2.24) is 4.90 Å². The molecule has 1 saturated heterocycles. The second-order valence-corrected chi connectivity index (χ2v) is 6.68. The van der Waals surface area contributed by atoms with Crippen molar-refractivity contribution in [2.75, 3.05) is 20.2 Å². The molecule has 1 heterocycles. The maximum absolute atomic E-state index is 12.2. The predicted molar refractivity (Wildman–Crippen MR) is 84.7 cm³/mol. The first kappa shape index (κ1) is 17.1. The average molecular weight is 321 g/mol. The summed E-state index contributed by atoms with van der Waals surface area (Å²) >= 11 is 0. The standard InChI is InChI=1S/C17H23NO5/c1-17(2,3)23-16(21)18-9-12(13(10-18)15(19)20)11-7-5-6-8-14(11)22-4/h5-8,12-13H,9-10H2,1-4H3,(H,19,20). The first-order valence-corrected chi connectivity index (χ1v) is 7.56. The number of carbonyl (C=O) groups excluding carboxylic acids is 1. The lowest BCUT2D eigenvalue weighted by Crippen LogP contribution is -2.35. The van der Waals surface area contributed by atoms with Gasteiger partial charge in [0.25, 0.3) is 0 Å². The van der Waals surface area contributed by atoms with Gasteiger partial charge < -0.3 is 19.5 Å². The summed E-state index contributed by atoms with van der Waals surface area (Å²) in [6, 6.07) is 7.31. The van der Waals surface area contributed by atoms with E-state index in [2.05, 4.69) is 0 Å². The lowest BCUT2D eigenvalue weighted by molar-refractivity contribution is -0.141. The molecule has 1 aromatic carbocycles. The number of benzene rings is 1. The highest BCUT2D eigenvalue weighted by atomic mass is 16.6. The Kier molecular flexibility index (Phi) is 4.82. The van der Waals surface area contributed by atoms with Crippen LogP contribution in [0.3, 0.4) is 0 Å². The number of carboxylic acid groups (broad SMARTS) is 1. The number of para-hydroxylation sites is 1. The number of carbonyl (C=O) groups is 2. The third-order valence-corrected chi connectivity index (χ3v) is 3.83. The summed E-state index contributed by atoms with van der Waals surface area (Å²) in [6.45, 7) is 5.79. The predicted octanol–water partition coefficient (Wildman–Crippen LogP) is 2.73. The fraction of sp³-hybridized carbons (Fsp3) is 0.529. The van der Waals surface area contributed by atoms with Gasteiger partial charge in [-0.15, -0.1) is 0 Å². The third-order valence-electron chi connectivity index (χ3n) is 3.83. The topological polar surface area (TPSA) is 76.1 Å². The van der Waals surface area contributed by atoms with E-state index in [-0.39, 0.29) is 12.5 Å². The summed E-state index contributed by atoms with van der Waals surface area (Å²) < 4.78 is 10.7. The molecule has 6 heteroatoms. The molecule has 1 amide bonds. The number of likely N-dealkylation sites (tertiary alicyclic amines) is 1. The SMILES string of the molecule is COc1ccccc1C1CN(C(=O)OC(C)(C)C)CC1C(=O)O. The lowest BCUT2D eigenvalue weighted by atomic mass is 9.88. The molecule has 2 rings (SSSR count). The third kappa shape index (κ3) is 3.94. The Morgan fingerprint density at radius 3 is 2.43 bits per heavy atom. The molecule has 0 saturated carbocycles. The van der Waals surface area contributed by atoms with E-state index in [1.807, 2.05) is 18.2 Å². The zero-order chi connectivity index (χ0) is 17.2. The first-order chi connectivity index (χ1) is 10.7. The number of ether oxygens (including phenoxy) is 2. The largest absolute Gasteiger partial charge is 0.496 e. The van der Waals surface area contributed by atoms with Gasteiger partial charge in [-0.1, -0.05) is 18.2 Å². The van der Waals surface area contributed by atoms with Gasteiger partial charge in [0, 0.05) is 19.0 Å². The van der Waals surface area contributed by atoms with Gasteiger partial charge in [-0.2, -0.15) is 0 Å². The van der Waals surface area contributed by atoms with Gasteiger partial charge in [0.1, 0.15) is 11.4 Å². The highest BCUT2D eigenvalue weighted by molar-refractivity contribution is 5.76. The molecule has 0 aliphatic carbocycles. The number of hydrogen-bond donors (Lipinski definition) is 1. The Morgan fingerprint density at radius 2 is 1.87 bits per heavy atom. The van der Waals surface area contributed by atoms with Crippen LogP contribution in [0.25, 0.3) is 0 Å². The summed E-state index contributed by atoms with van der Waals surface area (Å²) in [5.74, 6) is -1.29. The molecule has 0 aromatic heterocycles. The van der Waals surface area contributed by atoms with Crippen molar-refractivity contribution in [2.24, 2.45) is 5.92 Å². The molecular formula is C17H23NO5. The van der Waals surface area contributed by atoms with E-state index >= 15 is 0 Å². The molecule has 1 aliphatic rings. The molecule has 6 nitrogen and oxygen atoms in total. The Labute approximate surface area is 136 Å². The summed E-state index contributed by atoms with van der Waals surface area (Å²) in [4.78, 5) is 25.3. The zero-order valence-electron chi connectivity index (χ0n) is 13.9. The first-order valence-electron chi connectivity index (χ1n) is 7.56. The smallest absolute Gasteiger partial charge is 0.410 e. The van der Waals surface area contributed by atoms with Crippen LogP contribution in [-0.2, 0) is 9.53 Å². The van der Waals surface area contributed by atoms with E-state index in [1.54, 1.807) is 33.9 Å². The molecule has 1 aliphatic heterocycles. The van der Waals surface area contributed by atoms with Crippen LogP contribution in [0.1, 0.15) is 32.3 Å². The summed E-state index contributed by atoms with van der Waals surface area (Å²) in [7, 11) is 1.55. The van der Waals surface area contributed by atoms with Gasteiger partial charge in [0.2, 0.25) is 0 Å². The second-order valence-electron chi connectivity index (χ2n) is 6.68. The molecule has 0 bridgehead atoms. The van der Waals surface area contributed by atoms with Crippen molar-refractivity contribution in [3.63, 3.8) is 0 Å². The van der Waals surface area contributed by atoms with Crippen molar-refractivity contribution >= 4 is 12.1 Å². The molecule has 126 valence electrons. The van der Waals surface area contributed by atoms with Gasteiger partial charge in [-0.05, 0) is 32.4 Å². The minimum absolute atomic E-state index is 0.132. The van der Waals surface area contributed by atoms with Gasteiger partial charge in [0.15, 0.2) is 0 Å². The second kappa shape index (κ2) is 6.48. The fourth-order valence-electron chi connectivity index (χ4n) is 2.82. The van der Waals surface area contributed by atoms with Gasteiger partial charge >= 0.3 is 12.1 Å². The van der Waals surface area contributed by atoms with Crippen molar-refractivity contribution in [3.05, 3.63) is 29.8 Å². The van der Waals surface area contributed by atoms with Gasteiger partial charge in [0.05, 0.1) is 13.0 Å². The monoisotopic (exact) mass is 321 g/mol. The molecule has 1 N–H and O–H groups in total. The van der Waals surface area contributed by atoms with Crippen LogP contribution >= 0.6 is 0 Å². The van der Waals surface area contributed by atoms with Crippen LogP contribution in [-0.4, -0.2) is 47.9 Å². The summed E-state index contributed by atoms with van der Waals surface area (Å²) in [5, 5.41) is 9.52. The molecule has 0 radical (unpaired) electrons. The number of amides is 1. The maximum Gasteiger partial charge on any atom is 0.410 e. The quantitative estimate of drug-likeness (QED) is 0.926. The van der Waals surface area contributed by atoms with E-state index in [0.29, 0.717) is 12.3 Å². The van der Waals surface area contributed by atoms with E-state index in [1.165, 1.54) is 4.90 Å². The highest BCUT2D eigenvalue weighted by Gasteiger charge is 2.42. The fourth-order valence-corrected chi connectivity index (χ4v) is 2.82. The van der Waals surface area contributed by atoms with E-state index < -0.39 is 23.6 Å². The molecule has 2 unspecified atom stereocenters. The number of hydrogen-bond acceptors (Lipinski definition) is 4. The highest BCUT2D eigenvalue weighted by Crippen LogP contribution is 2.38. The van der Waals surface area contributed by atoms with E-state index in [4.69, 9.17) is 9.47 Å². The maximum atomic E-state index is 12.2. The molecule has 2 atom stereocenters. The lowest BCUT2D eigenvalue weighted by Gasteiger charge is -2.24. The summed E-state index contributed by atoms with van der Waals surface area (Å²) in [6.07, 6.45) is -0.485. The van der Waals surface area contributed by atoms with Crippen molar-refractivity contribution in [1.29, 1.82) is 0 Å². The van der Waals surface area contributed by atoms with Gasteiger partial charge in [-0.3, -0.25) is 4.79 Å². The van der Waals surface area contributed by atoms with Crippen LogP contribution in [0.4, 0.5) is 4.79 Å². The molecule has 23 heavy (non-hydrogen) atoms. The number of rotatable bonds is 3. The minimum Gasteiger partial charge on any atom is -0.496 e. The average Bonchev–Trinajstić information content (AvgIpc) is 2.90. The van der Waals surface area contributed by atoms with Crippen molar-refractivity contribution in [2.45, 2.75) is 32.3 Å². The number of carboxylic acids is 1. The molecule has 1 fully saturated rings. The Hall–Kier alpha value is -2.24. The summed E-state index contributed by atoms with van der Waals surface area (Å²) in [5.41, 5.74) is 0.187. The van der Waals surface area contributed by atoms with Crippen LogP contribution in [0.5, 0.6) is 5.75 Å². The number of nitrogens with zero attached hydrogens (tertiary/aromatic N) is 1. The Bertz CT molecular complexity index is 593. The Balaban J connectivity index is 2.25. The zero-order valence-corrected chi connectivity index (χ0v) is 13.9. The van der Waals surface area contributed by atoms with Crippen molar-refractivity contribution < 1.29 is 24.2 Å². The Morgan fingerprint density at radius 1 is 1.22 bits per heavy atom. The van der Waals surface area contributed by atoms with Gasteiger partial charge in [-0.25, -0.2) is 4.79 Å². The van der Waals surface area contributed by atoms with Crippen molar-refractivity contribution in [3.8, 4) is 5.75 Å². The number of methoxy groups -OCH3 is 1. The molecular weight excluding hydrogens is 298 g/mol. The minimum atomic E-state index is -0.924. The molecule has 0 spiro atoms. The van der Waals surface area contributed by atoms with Crippen LogP contribution in [0.15, 0.2) is 24.3 Å². The van der Waals surface area contributed by atoms with Crippen LogP contribution in [0.2, 0.25) is 0 Å². The van der Waals surface area contributed by atoms with Crippen LogP contribution < -0.4 is 4.74 Å². The van der Waals surface area contributed by atoms with E-state index in [0.717, 1.165) is 5.56 Å². The van der Waals surface area contributed by atoms with E-state index in [9.17, 15) is 14.7 Å². The molecule has 1 aromatic rings. The number of aliphatic carboxylic acids is 1. The van der Waals surface area contributed by atoms with Crippen LogP contribution in [0, 0.1) is 5.92 Å². The normalized spacial score (nSPS) is 21.1.